The van der Waals surface area contributed by atoms with Crippen molar-refractivity contribution in [3.8, 4) is 0 Å². The van der Waals surface area contributed by atoms with Gasteiger partial charge >= 0.3 is 0 Å². The fraction of sp³-hybridized carbons (Fsp3) is 0.857. The van der Waals surface area contributed by atoms with Gasteiger partial charge in [0, 0.05) is 26.2 Å². The van der Waals surface area contributed by atoms with Gasteiger partial charge in [-0.1, -0.05) is 0 Å². The lowest BCUT2D eigenvalue weighted by molar-refractivity contribution is -0.126. The molecule has 0 saturated carbocycles. The number of nitrogens with one attached hydrogen (secondary N) is 2. The molecule has 0 bridgehead atoms. The molecule has 0 aromatic rings. The monoisotopic (exact) mass is 172 g/mol. The summed E-state index contributed by atoms with van der Waals surface area (Å²) in [7, 11) is 0. The summed E-state index contributed by atoms with van der Waals surface area (Å²) in [6, 6.07) is -0.114. The Morgan fingerprint density at radius 1 is 1.58 bits per heavy atom. The third kappa shape index (κ3) is 2.17. The van der Waals surface area contributed by atoms with Crippen LogP contribution in [0.2, 0.25) is 0 Å². The van der Waals surface area contributed by atoms with Crippen LogP contribution < -0.4 is 16.6 Å². The highest BCUT2D eigenvalue weighted by atomic mass is 16.2. The lowest BCUT2D eigenvalue weighted by Crippen LogP contribution is -2.53. The molecule has 1 rings (SSSR count). The Hall–Kier alpha value is -0.650. The van der Waals surface area contributed by atoms with E-state index in [1.54, 1.807) is 0 Å². The van der Waals surface area contributed by atoms with E-state index in [-0.39, 0.29) is 11.9 Å². The summed E-state index contributed by atoms with van der Waals surface area (Å²) in [6.07, 6.45) is 0. The first-order chi connectivity index (χ1) is 5.75. The van der Waals surface area contributed by atoms with Gasteiger partial charge in [-0.15, -0.1) is 0 Å². The number of carbonyl (C=O) groups excluding carboxylic acids is 1. The zero-order valence-electron chi connectivity index (χ0n) is 7.34. The van der Waals surface area contributed by atoms with E-state index in [2.05, 4.69) is 15.6 Å². The molecule has 1 aliphatic heterocycles. The van der Waals surface area contributed by atoms with E-state index in [4.69, 9.17) is 5.84 Å². The molecule has 0 radical (unpaired) electrons. The van der Waals surface area contributed by atoms with Crippen LogP contribution in [0, 0.1) is 0 Å². The largest absolute Gasteiger partial charge is 0.314 e. The SMILES string of the molecule is CC(C(=O)NN)N1CCNCC1. The molecule has 70 valence electrons. The van der Waals surface area contributed by atoms with Crippen LogP contribution in [0.5, 0.6) is 0 Å². The molecule has 4 N–H and O–H groups in total. The van der Waals surface area contributed by atoms with Crippen molar-refractivity contribution in [1.29, 1.82) is 0 Å². The number of nitrogens with zero attached hydrogens (tertiary/aromatic N) is 1. The van der Waals surface area contributed by atoms with Gasteiger partial charge in [0.05, 0.1) is 6.04 Å². The van der Waals surface area contributed by atoms with Crippen molar-refractivity contribution in [3.05, 3.63) is 0 Å². The van der Waals surface area contributed by atoms with Crippen molar-refractivity contribution in [2.24, 2.45) is 5.84 Å². The van der Waals surface area contributed by atoms with Gasteiger partial charge in [0.25, 0.3) is 5.91 Å². The smallest absolute Gasteiger partial charge is 0.250 e. The Labute approximate surface area is 72.3 Å². The van der Waals surface area contributed by atoms with E-state index in [0.29, 0.717) is 0 Å². The summed E-state index contributed by atoms with van der Waals surface area (Å²) in [6.45, 7) is 5.58. The number of nitrogens with two attached hydrogens (primary N) is 1. The average molecular weight is 172 g/mol. The molecule has 12 heavy (non-hydrogen) atoms. The molecule has 1 atom stereocenters. The first-order valence-electron chi connectivity index (χ1n) is 4.21. The van der Waals surface area contributed by atoms with Gasteiger partial charge in [-0.05, 0) is 6.92 Å². The topological polar surface area (TPSA) is 70.4 Å². The van der Waals surface area contributed by atoms with E-state index in [9.17, 15) is 4.79 Å². The second kappa shape index (κ2) is 4.39. The van der Waals surface area contributed by atoms with Crippen molar-refractivity contribution < 1.29 is 4.79 Å². The van der Waals surface area contributed by atoms with Gasteiger partial charge < -0.3 is 5.32 Å². The van der Waals surface area contributed by atoms with Crippen molar-refractivity contribution in [2.75, 3.05) is 26.2 Å². The third-order valence-electron chi connectivity index (χ3n) is 2.22. The number of carbonyl (C=O) groups is 1. The van der Waals surface area contributed by atoms with E-state index in [1.165, 1.54) is 0 Å². The Bertz CT molecular complexity index is 155. The number of hydrazine groups is 1. The van der Waals surface area contributed by atoms with Crippen LogP contribution in [-0.4, -0.2) is 43.0 Å². The van der Waals surface area contributed by atoms with E-state index >= 15 is 0 Å². The maximum Gasteiger partial charge on any atom is 0.250 e. The molecule has 0 spiro atoms. The number of hydrogen-bond donors (Lipinski definition) is 3. The van der Waals surface area contributed by atoms with Gasteiger partial charge in [-0.2, -0.15) is 0 Å². The van der Waals surface area contributed by atoms with Gasteiger partial charge in [0.2, 0.25) is 0 Å². The second-order valence-electron chi connectivity index (χ2n) is 2.97. The summed E-state index contributed by atoms with van der Waals surface area (Å²) >= 11 is 0. The minimum Gasteiger partial charge on any atom is -0.314 e. The summed E-state index contributed by atoms with van der Waals surface area (Å²) in [5.41, 5.74) is 2.16. The molecule has 5 heteroatoms. The Morgan fingerprint density at radius 2 is 2.17 bits per heavy atom. The van der Waals surface area contributed by atoms with Crippen LogP contribution in [0.25, 0.3) is 0 Å². The maximum atomic E-state index is 11.1. The number of hydrogen-bond acceptors (Lipinski definition) is 4. The van der Waals surface area contributed by atoms with Gasteiger partial charge in [-0.25, -0.2) is 5.84 Å². The highest BCUT2D eigenvalue weighted by Crippen LogP contribution is 1.99. The molecule has 0 aliphatic carbocycles. The molecule has 1 heterocycles. The summed E-state index contributed by atoms with van der Waals surface area (Å²) in [5.74, 6) is 4.92. The molecule has 1 amide bonds. The highest BCUT2D eigenvalue weighted by molar-refractivity contribution is 5.80. The van der Waals surface area contributed by atoms with Crippen molar-refractivity contribution in [1.82, 2.24) is 15.6 Å². The Kier molecular flexibility index (Phi) is 3.46. The lowest BCUT2D eigenvalue weighted by Gasteiger charge is -2.31. The molecular formula is C7H16N4O. The molecule has 0 aromatic carbocycles. The summed E-state index contributed by atoms with van der Waals surface area (Å²) < 4.78 is 0. The normalized spacial score (nSPS) is 21.8. The van der Waals surface area contributed by atoms with Crippen LogP contribution in [0.15, 0.2) is 0 Å². The third-order valence-corrected chi connectivity index (χ3v) is 2.22. The second-order valence-corrected chi connectivity index (χ2v) is 2.97. The lowest BCUT2D eigenvalue weighted by atomic mass is 10.2. The zero-order chi connectivity index (χ0) is 8.97. The first kappa shape index (κ1) is 9.44. The molecule has 1 saturated heterocycles. The summed E-state index contributed by atoms with van der Waals surface area (Å²) in [5, 5.41) is 3.22. The minimum absolute atomic E-state index is 0.114. The van der Waals surface area contributed by atoms with Gasteiger partial charge in [0.15, 0.2) is 0 Å². The Balaban J connectivity index is 2.39. The highest BCUT2D eigenvalue weighted by Gasteiger charge is 2.21. The predicted octanol–water partition coefficient (Wildman–Crippen LogP) is -1.73. The maximum absolute atomic E-state index is 11.1. The predicted molar refractivity (Wildman–Crippen MR) is 46.2 cm³/mol. The van der Waals surface area contributed by atoms with Crippen molar-refractivity contribution >= 4 is 5.91 Å². The van der Waals surface area contributed by atoms with E-state index in [0.717, 1.165) is 26.2 Å². The molecular weight excluding hydrogens is 156 g/mol. The number of piperazine rings is 1. The molecule has 1 fully saturated rings. The number of amides is 1. The van der Waals surface area contributed by atoms with Gasteiger partial charge in [0.1, 0.15) is 0 Å². The fourth-order valence-corrected chi connectivity index (χ4v) is 1.36. The van der Waals surface area contributed by atoms with Crippen LogP contribution in [0.3, 0.4) is 0 Å². The van der Waals surface area contributed by atoms with E-state index in [1.807, 2.05) is 6.92 Å². The minimum atomic E-state index is -0.114. The molecule has 1 unspecified atom stereocenters. The molecule has 5 nitrogen and oxygen atoms in total. The fourth-order valence-electron chi connectivity index (χ4n) is 1.36. The standard InChI is InChI=1S/C7H16N4O/c1-6(7(12)10-8)11-4-2-9-3-5-11/h6,9H,2-5,8H2,1H3,(H,10,12). The average Bonchev–Trinajstić information content (AvgIpc) is 2.17. The van der Waals surface area contributed by atoms with Crippen molar-refractivity contribution in [3.63, 3.8) is 0 Å². The van der Waals surface area contributed by atoms with Crippen molar-refractivity contribution in [2.45, 2.75) is 13.0 Å². The van der Waals surface area contributed by atoms with Crippen LogP contribution in [-0.2, 0) is 4.79 Å². The van der Waals surface area contributed by atoms with Crippen LogP contribution in [0.4, 0.5) is 0 Å². The van der Waals surface area contributed by atoms with Gasteiger partial charge in [-0.3, -0.25) is 15.1 Å². The van der Waals surface area contributed by atoms with Crippen LogP contribution >= 0.6 is 0 Å². The van der Waals surface area contributed by atoms with E-state index < -0.39 is 0 Å². The summed E-state index contributed by atoms with van der Waals surface area (Å²) in [4.78, 5) is 13.2. The first-order valence-corrected chi connectivity index (χ1v) is 4.21. The molecule has 0 aromatic heterocycles. The number of rotatable bonds is 2. The zero-order valence-corrected chi connectivity index (χ0v) is 7.34. The quantitative estimate of drug-likeness (QED) is 0.263. The molecule has 1 aliphatic rings. The van der Waals surface area contributed by atoms with Crippen LogP contribution in [0.1, 0.15) is 6.92 Å². The Morgan fingerprint density at radius 3 is 2.67 bits per heavy atom.